The zero-order valence-electron chi connectivity index (χ0n) is 12.1. The van der Waals surface area contributed by atoms with Crippen LogP contribution in [0.1, 0.15) is 34.6 Å². The Morgan fingerprint density at radius 3 is 1.73 bits per heavy atom. The Kier molecular flexibility index (Phi) is 5.42. The van der Waals surface area contributed by atoms with Gasteiger partial charge in [-0.1, -0.05) is 39.7 Å². The van der Waals surface area contributed by atoms with Crippen LogP contribution in [0, 0.1) is 0 Å². The lowest BCUT2D eigenvalue weighted by atomic mass is 10.1. The molecule has 116 valence electrons. The molecule has 0 aromatic rings. The maximum atomic E-state index is 12.2. The summed E-state index contributed by atoms with van der Waals surface area (Å²) >= 11 is 9.65. The zero-order valence-corrected chi connectivity index (χ0v) is 14.5. The first-order chi connectivity index (χ1) is 10.5. The Bertz CT molecular complexity index is 643. The fourth-order valence-corrected chi connectivity index (χ4v) is 2.79. The molecule has 0 atom stereocenters. The first-order valence-corrected chi connectivity index (χ1v) is 7.93. The molecule has 0 bridgehead atoms. The van der Waals surface area contributed by atoms with Crippen molar-refractivity contribution in [3.05, 3.63) is 44.9 Å². The summed E-state index contributed by atoms with van der Waals surface area (Å²) in [5, 5.41) is 0.0641. The molecule has 0 amide bonds. The Labute approximate surface area is 141 Å². The predicted molar refractivity (Wildman–Crippen MR) is 87.7 cm³/mol. The van der Waals surface area contributed by atoms with Crippen LogP contribution in [-0.4, -0.2) is 25.2 Å². The van der Waals surface area contributed by atoms with Gasteiger partial charge < -0.3 is 9.47 Å². The van der Waals surface area contributed by atoms with Crippen LogP contribution in [0.5, 0.6) is 0 Å². The molecular weight excluding hydrogens is 372 g/mol. The summed E-state index contributed by atoms with van der Waals surface area (Å²) in [6.07, 6.45) is 0. The lowest BCUT2D eigenvalue weighted by Gasteiger charge is -2.02. The van der Waals surface area contributed by atoms with Gasteiger partial charge in [0.05, 0.1) is 29.4 Å². The minimum Gasteiger partial charge on any atom is -0.462 e. The van der Waals surface area contributed by atoms with Crippen molar-refractivity contribution >= 4 is 39.5 Å². The summed E-state index contributed by atoms with van der Waals surface area (Å²) < 4.78 is 10.9. The summed E-state index contributed by atoms with van der Waals surface area (Å²) in [6.45, 7) is 3.86. The average molecular weight is 386 g/mol. The molecule has 0 saturated carbocycles. The van der Waals surface area contributed by atoms with Gasteiger partial charge in [-0.25, -0.2) is 9.59 Å². The third-order valence-corrected chi connectivity index (χ3v) is 3.95. The van der Waals surface area contributed by atoms with Crippen molar-refractivity contribution in [2.24, 2.45) is 0 Å². The number of halogens is 2. The van der Waals surface area contributed by atoms with Gasteiger partial charge in [0.2, 0.25) is 0 Å². The van der Waals surface area contributed by atoms with E-state index in [2.05, 4.69) is 15.9 Å². The smallest absolute Gasteiger partial charge is 0.340 e. The maximum Gasteiger partial charge on any atom is 0.340 e. The van der Waals surface area contributed by atoms with E-state index in [-0.39, 0.29) is 29.4 Å². The summed E-state index contributed by atoms with van der Waals surface area (Å²) in [6, 6.07) is 6.99. The van der Waals surface area contributed by atoms with E-state index in [9.17, 15) is 9.59 Å². The molecule has 0 radical (unpaired) electrons. The van der Waals surface area contributed by atoms with Gasteiger partial charge >= 0.3 is 11.9 Å². The molecule has 22 heavy (non-hydrogen) atoms. The Morgan fingerprint density at radius 1 is 0.955 bits per heavy atom. The quantitative estimate of drug-likeness (QED) is 0.724. The third kappa shape index (κ3) is 3.10. The molecule has 2 rings (SSSR count). The molecule has 0 unspecified atom stereocenters. The Balaban J connectivity index is 2.72. The highest BCUT2D eigenvalue weighted by atomic mass is 79.9. The van der Waals surface area contributed by atoms with Gasteiger partial charge in [-0.15, -0.1) is 0 Å². The molecule has 0 fully saturated rings. The van der Waals surface area contributed by atoms with Crippen LogP contribution in [0.4, 0.5) is 0 Å². The molecule has 0 aromatic heterocycles. The molecule has 0 aromatic carbocycles. The fourth-order valence-electron chi connectivity index (χ4n) is 2.16. The van der Waals surface area contributed by atoms with Crippen LogP contribution in [0.15, 0.2) is 28.7 Å². The van der Waals surface area contributed by atoms with E-state index >= 15 is 0 Å². The largest absolute Gasteiger partial charge is 0.462 e. The number of fused-ring (bicyclic) bond motifs is 1. The Hall–Kier alpha value is -1.59. The molecule has 0 aliphatic heterocycles. The highest BCUT2D eigenvalue weighted by molar-refractivity contribution is 9.10. The van der Waals surface area contributed by atoms with E-state index in [1.165, 1.54) is 0 Å². The van der Waals surface area contributed by atoms with Crippen LogP contribution in [0.2, 0.25) is 5.02 Å². The highest BCUT2D eigenvalue weighted by Gasteiger charge is 2.31. The molecule has 4 nitrogen and oxygen atoms in total. The van der Waals surface area contributed by atoms with Crippen LogP contribution >= 0.6 is 27.5 Å². The average Bonchev–Trinajstić information content (AvgIpc) is 2.62. The number of hydrogen-bond acceptors (Lipinski definition) is 4. The number of hydrogen-bond donors (Lipinski definition) is 0. The van der Waals surface area contributed by atoms with Crippen LogP contribution in [-0.2, 0) is 9.47 Å². The van der Waals surface area contributed by atoms with Gasteiger partial charge in [0.15, 0.2) is 0 Å². The van der Waals surface area contributed by atoms with Crippen molar-refractivity contribution in [1.82, 2.24) is 0 Å². The van der Waals surface area contributed by atoms with Crippen molar-refractivity contribution in [2.45, 2.75) is 13.8 Å². The molecular formula is C16H14BrClO4. The number of carbonyl (C=O) groups is 2. The minimum atomic E-state index is -0.560. The predicted octanol–water partition coefficient (Wildman–Crippen LogP) is 4.56. The van der Waals surface area contributed by atoms with E-state index < -0.39 is 11.9 Å². The standard InChI is InChI=1S/C16H14BrClO4/c1-3-21-15(19)12-10-7-5-9(17)6-8-11(10)13(14(12)18)16(20)22-4-2/h5-8H,3-4H2,1-2H3. The van der Waals surface area contributed by atoms with Gasteiger partial charge in [-0.2, -0.15) is 0 Å². The second kappa shape index (κ2) is 7.11. The van der Waals surface area contributed by atoms with E-state index in [1.807, 2.05) is 0 Å². The van der Waals surface area contributed by atoms with Gasteiger partial charge in [0, 0.05) is 4.47 Å². The van der Waals surface area contributed by atoms with Gasteiger partial charge in [-0.05, 0) is 37.1 Å². The van der Waals surface area contributed by atoms with Crippen molar-refractivity contribution in [2.75, 3.05) is 13.2 Å². The lowest BCUT2D eigenvalue weighted by molar-refractivity contribution is 0.0525. The van der Waals surface area contributed by atoms with Crippen molar-refractivity contribution < 1.29 is 19.1 Å². The van der Waals surface area contributed by atoms with Gasteiger partial charge in [0.1, 0.15) is 0 Å². The van der Waals surface area contributed by atoms with Crippen molar-refractivity contribution in [1.29, 1.82) is 0 Å². The minimum absolute atomic E-state index is 0.0641. The van der Waals surface area contributed by atoms with Gasteiger partial charge in [-0.3, -0.25) is 0 Å². The maximum absolute atomic E-state index is 12.2. The summed E-state index contributed by atoms with van der Waals surface area (Å²) in [4.78, 5) is 24.4. The SMILES string of the molecule is CCOC(=O)c1c2ccc(Br)ccc-2c(C(=O)OCC)c1Cl. The van der Waals surface area contributed by atoms with E-state index in [0.29, 0.717) is 11.1 Å². The second-order valence-electron chi connectivity index (χ2n) is 4.38. The van der Waals surface area contributed by atoms with Crippen molar-refractivity contribution in [3.63, 3.8) is 0 Å². The summed E-state index contributed by atoms with van der Waals surface area (Å²) in [5.74, 6) is -1.12. The molecule has 2 aliphatic carbocycles. The van der Waals surface area contributed by atoms with Crippen LogP contribution < -0.4 is 0 Å². The van der Waals surface area contributed by atoms with E-state index in [0.717, 1.165) is 4.47 Å². The molecule has 0 heterocycles. The topological polar surface area (TPSA) is 52.6 Å². The van der Waals surface area contributed by atoms with Crippen LogP contribution in [0.25, 0.3) is 11.1 Å². The number of esters is 2. The van der Waals surface area contributed by atoms with Crippen molar-refractivity contribution in [3.8, 4) is 11.1 Å². The molecule has 6 heteroatoms. The normalized spacial score (nSPS) is 10.5. The molecule has 0 N–H and O–H groups in total. The summed E-state index contributed by atoms with van der Waals surface area (Å²) in [7, 11) is 0. The Morgan fingerprint density at radius 2 is 1.36 bits per heavy atom. The number of ether oxygens (including phenoxy) is 2. The van der Waals surface area contributed by atoms with Crippen LogP contribution in [0.3, 0.4) is 0 Å². The monoisotopic (exact) mass is 384 g/mol. The zero-order chi connectivity index (χ0) is 16.3. The number of carbonyl (C=O) groups excluding carboxylic acids is 2. The number of rotatable bonds is 4. The third-order valence-electron chi connectivity index (χ3n) is 3.05. The first-order valence-electron chi connectivity index (χ1n) is 6.76. The first kappa shape index (κ1) is 16.8. The molecule has 0 saturated heterocycles. The van der Waals surface area contributed by atoms with E-state index in [4.69, 9.17) is 21.1 Å². The summed E-state index contributed by atoms with van der Waals surface area (Å²) in [5.41, 5.74) is 1.48. The molecule has 0 spiro atoms. The second-order valence-corrected chi connectivity index (χ2v) is 5.68. The fraction of sp³-hybridized carbons (Fsp3) is 0.250. The van der Waals surface area contributed by atoms with Gasteiger partial charge in [0.25, 0.3) is 0 Å². The highest BCUT2D eigenvalue weighted by Crippen LogP contribution is 2.41. The molecule has 2 aliphatic rings. The van der Waals surface area contributed by atoms with E-state index in [1.54, 1.807) is 38.1 Å². The lowest BCUT2D eigenvalue weighted by Crippen LogP contribution is -2.06.